The van der Waals surface area contributed by atoms with Crippen LogP contribution in [0.15, 0.2) is 36.4 Å². The van der Waals surface area contributed by atoms with Crippen LogP contribution in [0.5, 0.6) is 11.6 Å². The standard InChI is InChI=1S/C26H30FN3O4/c1-30-25(34-12-11-20-9-7-17-5-3-4-6-23(17)28-20)16-21(29-30)13-19(15-26(31)32)18-8-10-24(33-2)22(27)14-18/h7-10,14,16,19H,3-6,11-13,15H2,1-2H3,(H,31,32)/t19-/m0/s1. The van der Waals surface area contributed by atoms with E-state index in [9.17, 15) is 14.3 Å². The van der Waals surface area contributed by atoms with E-state index in [1.54, 1.807) is 17.8 Å². The predicted octanol–water partition coefficient (Wildman–Crippen LogP) is 4.26. The van der Waals surface area contributed by atoms with E-state index in [0.29, 0.717) is 36.6 Å². The number of ether oxygens (including phenoxy) is 2. The van der Waals surface area contributed by atoms with E-state index >= 15 is 0 Å². The van der Waals surface area contributed by atoms with Gasteiger partial charge in [0.15, 0.2) is 11.6 Å². The van der Waals surface area contributed by atoms with Crippen molar-refractivity contribution < 1.29 is 23.8 Å². The monoisotopic (exact) mass is 467 g/mol. The van der Waals surface area contributed by atoms with Gasteiger partial charge in [-0.25, -0.2) is 9.07 Å². The summed E-state index contributed by atoms with van der Waals surface area (Å²) >= 11 is 0. The van der Waals surface area contributed by atoms with E-state index in [4.69, 9.17) is 14.5 Å². The molecule has 0 saturated heterocycles. The Morgan fingerprint density at radius 3 is 2.76 bits per heavy atom. The van der Waals surface area contributed by atoms with Crippen LogP contribution in [0.3, 0.4) is 0 Å². The second-order valence-corrected chi connectivity index (χ2v) is 8.70. The molecule has 1 aliphatic rings. The zero-order valence-electron chi connectivity index (χ0n) is 19.6. The van der Waals surface area contributed by atoms with Crippen LogP contribution in [-0.4, -0.2) is 39.6 Å². The number of methoxy groups -OCH3 is 1. The smallest absolute Gasteiger partial charge is 0.303 e. The highest BCUT2D eigenvalue weighted by Gasteiger charge is 2.20. The lowest BCUT2D eigenvalue weighted by atomic mass is 9.91. The van der Waals surface area contributed by atoms with Gasteiger partial charge in [0.2, 0.25) is 5.88 Å². The third kappa shape index (κ3) is 5.73. The normalized spacial score (nSPS) is 13.9. The second-order valence-electron chi connectivity index (χ2n) is 8.70. The number of rotatable bonds is 10. The van der Waals surface area contributed by atoms with Crippen LogP contribution in [0.2, 0.25) is 0 Å². The van der Waals surface area contributed by atoms with E-state index in [1.165, 1.54) is 43.3 Å². The lowest BCUT2D eigenvalue weighted by Crippen LogP contribution is -2.10. The van der Waals surface area contributed by atoms with Gasteiger partial charge in [-0.1, -0.05) is 12.1 Å². The largest absolute Gasteiger partial charge is 0.494 e. The van der Waals surface area contributed by atoms with E-state index in [2.05, 4.69) is 17.2 Å². The first kappa shape index (κ1) is 23.7. The van der Waals surface area contributed by atoms with Gasteiger partial charge in [0.1, 0.15) is 0 Å². The number of carbonyl (C=O) groups is 1. The Balaban J connectivity index is 1.40. The number of aromatic nitrogens is 3. The van der Waals surface area contributed by atoms with Crippen molar-refractivity contribution in [3.63, 3.8) is 0 Å². The molecule has 1 atom stereocenters. The van der Waals surface area contributed by atoms with Crippen LogP contribution < -0.4 is 9.47 Å². The molecule has 4 rings (SSSR count). The molecule has 8 heteroatoms. The topological polar surface area (TPSA) is 86.5 Å². The molecule has 2 aromatic heterocycles. The zero-order chi connectivity index (χ0) is 24.1. The van der Waals surface area contributed by atoms with Crippen LogP contribution in [-0.2, 0) is 37.5 Å². The quantitative estimate of drug-likeness (QED) is 0.479. The van der Waals surface area contributed by atoms with Gasteiger partial charge in [0, 0.05) is 36.8 Å². The van der Waals surface area contributed by atoms with Gasteiger partial charge >= 0.3 is 5.97 Å². The lowest BCUT2D eigenvalue weighted by Gasteiger charge is -2.15. The van der Waals surface area contributed by atoms with Crippen molar-refractivity contribution in [2.75, 3.05) is 13.7 Å². The highest BCUT2D eigenvalue weighted by Crippen LogP contribution is 2.29. The molecule has 0 spiro atoms. The molecular weight excluding hydrogens is 437 g/mol. The number of halogens is 1. The zero-order valence-corrected chi connectivity index (χ0v) is 19.6. The summed E-state index contributed by atoms with van der Waals surface area (Å²) in [4.78, 5) is 16.2. The van der Waals surface area contributed by atoms with Gasteiger partial charge in [-0.2, -0.15) is 5.10 Å². The fourth-order valence-corrected chi connectivity index (χ4v) is 4.48. The number of carboxylic acid groups (broad SMARTS) is 1. The van der Waals surface area contributed by atoms with Gasteiger partial charge < -0.3 is 14.6 Å². The molecule has 180 valence electrons. The molecule has 0 amide bonds. The number of hydrogen-bond donors (Lipinski definition) is 1. The highest BCUT2D eigenvalue weighted by atomic mass is 19.1. The maximum atomic E-state index is 14.2. The lowest BCUT2D eigenvalue weighted by molar-refractivity contribution is -0.137. The maximum absolute atomic E-state index is 14.2. The average Bonchev–Trinajstić information content (AvgIpc) is 3.17. The molecule has 0 unspecified atom stereocenters. The van der Waals surface area contributed by atoms with Crippen molar-refractivity contribution in [3.8, 4) is 11.6 Å². The Hall–Kier alpha value is -3.42. The first-order valence-corrected chi connectivity index (χ1v) is 11.6. The predicted molar refractivity (Wildman–Crippen MR) is 125 cm³/mol. The van der Waals surface area contributed by atoms with E-state index < -0.39 is 17.7 Å². The molecule has 0 bridgehead atoms. The van der Waals surface area contributed by atoms with Crippen LogP contribution >= 0.6 is 0 Å². The van der Waals surface area contributed by atoms with E-state index in [1.807, 2.05) is 6.07 Å². The van der Waals surface area contributed by atoms with Crippen molar-refractivity contribution in [1.82, 2.24) is 14.8 Å². The van der Waals surface area contributed by atoms with Crippen molar-refractivity contribution in [2.24, 2.45) is 7.05 Å². The molecule has 1 aromatic carbocycles. The van der Waals surface area contributed by atoms with Crippen molar-refractivity contribution in [1.29, 1.82) is 0 Å². The number of aliphatic carboxylic acids is 1. The number of hydrogen-bond acceptors (Lipinski definition) is 5. The van der Waals surface area contributed by atoms with Gasteiger partial charge in [0.25, 0.3) is 0 Å². The Bertz CT molecular complexity index is 1160. The van der Waals surface area contributed by atoms with Crippen molar-refractivity contribution in [2.45, 2.75) is 50.9 Å². The minimum Gasteiger partial charge on any atom is -0.494 e. The minimum atomic E-state index is -0.953. The summed E-state index contributed by atoms with van der Waals surface area (Å²) in [6.45, 7) is 0.465. The Morgan fingerprint density at radius 2 is 2.00 bits per heavy atom. The summed E-state index contributed by atoms with van der Waals surface area (Å²) in [7, 11) is 3.18. The number of carboxylic acids is 1. The van der Waals surface area contributed by atoms with Gasteiger partial charge in [-0.3, -0.25) is 9.78 Å². The highest BCUT2D eigenvalue weighted by molar-refractivity contribution is 5.68. The third-order valence-electron chi connectivity index (χ3n) is 6.26. The second kappa shape index (κ2) is 10.7. The summed E-state index contributed by atoms with van der Waals surface area (Å²) in [5, 5.41) is 13.9. The number of pyridine rings is 1. The molecule has 0 radical (unpaired) electrons. The number of fused-ring (bicyclic) bond motifs is 1. The molecule has 3 aromatic rings. The third-order valence-corrected chi connectivity index (χ3v) is 6.26. The summed E-state index contributed by atoms with van der Waals surface area (Å²) in [6, 6.07) is 10.6. The molecule has 7 nitrogen and oxygen atoms in total. The maximum Gasteiger partial charge on any atom is 0.303 e. The van der Waals surface area contributed by atoms with E-state index in [0.717, 1.165) is 18.5 Å². The molecule has 34 heavy (non-hydrogen) atoms. The van der Waals surface area contributed by atoms with Crippen molar-refractivity contribution >= 4 is 5.97 Å². The van der Waals surface area contributed by atoms with Crippen molar-refractivity contribution in [3.05, 3.63) is 70.4 Å². The molecular formula is C26H30FN3O4. The Labute approximate surface area is 198 Å². The first-order chi connectivity index (χ1) is 16.4. The molecule has 1 aliphatic carbocycles. The fourth-order valence-electron chi connectivity index (χ4n) is 4.48. The van der Waals surface area contributed by atoms with Crippen LogP contribution in [0.4, 0.5) is 4.39 Å². The summed E-state index contributed by atoms with van der Waals surface area (Å²) in [5.41, 5.74) is 4.87. The van der Waals surface area contributed by atoms with E-state index in [-0.39, 0.29) is 12.2 Å². The van der Waals surface area contributed by atoms with Crippen LogP contribution in [0.25, 0.3) is 0 Å². The average molecular weight is 468 g/mol. The van der Waals surface area contributed by atoms with Crippen LogP contribution in [0.1, 0.15) is 53.4 Å². The summed E-state index contributed by atoms with van der Waals surface area (Å²) in [6.07, 6.45) is 5.50. The van der Waals surface area contributed by atoms with Gasteiger partial charge in [-0.15, -0.1) is 0 Å². The first-order valence-electron chi connectivity index (χ1n) is 11.6. The number of benzene rings is 1. The number of aryl methyl sites for hydroxylation is 3. The summed E-state index contributed by atoms with van der Waals surface area (Å²) < 4.78 is 26.8. The number of nitrogens with zero attached hydrogens (tertiary/aromatic N) is 3. The summed E-state index contributed by atoms with van der Waals surface area (Å²) in [5.74, 6) is -1.18. The molecule has 2 heterocycles. The molecule has 1 N–H and O–H groups in total. The van der Waals surface area contributed by atoms with Crippen LogP contribution in [0, 0.1) is 5.82 Å². The van der Waals surface area contributed by atoms with Gasteiger partial charge in [-0.05, 0) is 61.4 Å². The molecule has 0 aliphatic heterocycles. The SMILES string of the molecule is COc1ccc([C@H](CC(=O)O)Cc2cc(OCCc3ccc4c(n3)CCCC4)n(C)n2)cc1F. The fraction of sp³-hybridized carbons (Fsp3) is 0.423. The van der Waals surface area contributed by atoms with Gasteiger partial charge in [0.05, 0.1) is 25.8 Å². The Morgan fingerprint density at radius 1 is 1.18 bits per heavy atom. The molecule has 0 saturated carbocycles. The molecule has 0 fully saturated rings. The Kier molecular flexibility index (Phi) is 7.45. The minimum absolute atomic E-state index is 0.125.